The number of hydrogen-bond donors (Lipinski definition) is 1. The summed E-state index contributed by atoms with van der Waals surface area (Å²) in [6, 6.07) is 7.22. The average Bonchev–Trinajstić information content (AvgIpc) is 2.55. The fraction of sp³-hybridized carbons (Fsp3) is 0.167. The van der Waals surface area contributed by atoms with Crippen molar-refractivity contribution in [1.82, 2.24) is 4.98 Å². The van der Waals surface area contributed by atoms with Crippen molar-refractivity contribution in [2.24, 2.45) is 0 Å². The summed E-state index contributed by atoms with van der Waals surface area (Å²) in [6.07, 6.45) is -0.462. The number of nitrogens with one attached hydrogen (secondary N) is 1. The highest BCUT2D eigenvalue weighted by Gasteiger charge is 2.32. The standard InChI is InChI=1S/C12H9NO3/c1-6-9-10(12(15)16-6)7-4-2-3-5-8(7)13-11(9)14/h2-6H,1H3,(H,13,14). The van der Waals surface area contributed by atoms with E-state index < -0.39 is 12.1 Å². The second-order valence-electron chi connectivity index (χ2n) is 3.84. The predicted octanol–water partition coefficient (Wildman–Crippen LogP) is 1.76. The molecular formula is C12H9NO3. The highest BCUT2D eigenvalue weighted by Crippen LogP contribution is 2.31. The molecule has 0 aliphatic carbocycles. The first-order valence-corrected chi connectivity index (χ1v) is 5.04. The van der Waals surface area contributed by atoms with Crippen molar-refractivity contribution < 1.29 is 9.53 Å². The quantitative estimate of drug-likeness (QED) is 0.681. The van der Waals surface area contributed by atoms with E-state index in [1.807, 2.05) is 18.2 Å². The third-order valence-electron chi connectivity index (χ3n) is 2.85. The van der Waals surface area contributed by atoms with Gasteiger partial charge in [0.15, 0.2) is 0 Å². The zero-order chi connectivity index (χ0) is 11.3. The second-order valence-corrected chi connectivity index (χ2v) is 3.84. The molecule has 0 saturated heterocycles. The van der Waals surface area contributed by atoms with Crippen LogP contribution in [-0.4, -0.2) is 11.0 Å². The average molecular weight is 215 g/mol. The Balaban J connectivity index is 2.54. The summed E-state index contributed by atoms with van der Waals surface area (Å²) >= 11 is 0. The third-order valence-corrected chi connectivity index (χ3v) is 2.85. The van der Waals surface area contributed by atoms with Crippen LogP contribution in [0.3, 0.4) is 0 Å². The Morgan fingerprint density at radius 3 is 2.81 bits per heavy atom. The number of cyclic esters (lactones) is 1. The van der Waals surface area contributed by atoms with Gasteiger partial charge in [-0.3, -0.25) is 4.79 Å². The molecule has 1 aromatic carbocycles. The van der Waals surface area contributed by atoms with Crippen molar-refractivity contribution in [3.05, 3.63) is 45.7 Å². The van der Waals surface area contributed by atoms with Crippen molar-refractivity contribution in [3.8, 4) is 0 Å². The van der Waals surface area contributed by atoms with E-state index in [2.05, 4.69) is 4.98 Å². The Bertz CT molecular complexity index is 657. The van der Waals surface area contributed by atoms with E-state index in [0.29, 0.717) is 16.6 Å². The third kappa shape index (κ3) is 1.04. The number of ether oxygens (including phenoxy) is 1. The molecule has 4 nitrogen and oxygen atoms in total. The van der Waals surface area contributed by atoms with Gasteiger partial charge in [0.2, 0.25) is 0 Å². The van der Waals surface area contributed by atoms with Crippen molar-refractivity contribution in [2.45, 2.75) is 13.0 Å². The van der Waals surface area contributed by atoms with Crippen LogP contribution in [0.5, 0.6) is 0 Å². The lowest BCUT2D eigenvalue weighted by atomic mass is 10.0. The van der Waals surface area contributed by atoms with E-state index >= 15 is 0 Å². The molecule has 0 bridgehead atoms. The zero-order valence-electron chi connectivity index (χ0n) is 8.61. The smallest absolute Gasteiger partial charge is 0.340 e. The first-order valence-electron chi connectivity index (χ1n) is 5.04. The summed E-state index contributed by atoms with van der Waals surface area (Å²) in [5, 5.41) is 0.742. The molecule has 0 saturated carbocycles. The summed E-state index contributed by atoms with van der Waals surface area (Å²) in [6.45, 7) is 1.70. The van der Waals surface area contributed by atoms with Gasteiger partial charge in [-0.1, -0.05) is 18.2 Å². The van der Waals surface area contributed by atoms with Crippen LogP contribution in [0.2, 0.25) is 0 Å². The van der Waals surface area contributed by atoms with Gasteiger partial charge >= 0.3 is 5.97 Å². The molecule has 1 atom stereocenters. The van der Waals surface area contributed by atoms with Crippen LogP contribution in [0.4, 0.5) is 0 Å². The maximum absolute atomic E-state index is 11.8. The van der Waals surface area contributed by atoms with E-state index in [-0.39, 0.29) is 5.56 Å². The summed E-state index contributed by atoms with van der Waals surface area (Å²) in [5.74, 6) is -0.412. The van der Waals surface area contributed by atoms with Gasteiger partial charge in [-0.2, -0.15) is 0 Å². The number of fused-ring (bicyclic) bond motifs is 3. The lowest BCUT2D eigenvalue weighted by Gasteiger charge is -2.02. The van der Waals surface area contributed by atoms with Crippen molar-refractivity contribution in [1.29, 1.82) is 0 Å². The fourth-order valence-electron chi connectivity index (χ4n) is 2.14. The minimum Gasteiger partial charge on any atom is -0.454 e. The number of hydrogen-bond acceptors (Lipinski definition) is 3. The van der Waals surface area contributed by atoms with Crippen LogP contribution in [0.1, 0.15) is 28.9 Å². The molecular weight excluding hydrogens is 206 g/mol. The van der Waals surface area contributed by atoms with Gasteiger partial charge in [0.05, 0.1) is 11.1 Å². The van der Waals surface area contributed by atoms with Gasteiger partial charge in [-0.05, 0) is 13.0 Å². The minimum absolute atomic E-state index is 0.243. The summed E-state index contributed by atoms with van der Waals surface area (Å²) in [7, 11) is 0. The van der Waals surface area contributed by atoms with Crippen molar-refractivity contribution >= 4 is 16.9 Å². The molecule has 16 heavy (non-hydrogen) atoms. The van der Waals surface area contributed by atoms with Crippen molar-refractivity contribution in [3.63, 3.8) is 0 Å². The van der Waals surface area contributed by atoms with Crippen LogP contribution < -0.4 is 5.56 Å². The molecule has 4 heteroatoms. The Morgan fingerprint density at radius 2 is 2.00 bits per heavy atom. The number of rotatable bonds is 0. The highest BCUT2D eigenvalue weighted by molar-refractivity contribution is 6.06. The molecule has 3 rings (SSSR count). The number of H-pyrrole nitrogens is 1. The SMILES string of the molecule is CC1OC(=O)c2c1c(=O)[nH]c1ccccc21. The molecule has 0 amide bonds. The van der Waals surface area contributed by atoms with Gasteiger partial charge in [0.1, 0.15) is 6.10 Å². The maximum atomic E-state index is 11.8. The normalized spacial score (nSPS) is 18.6. The Labute approximate surface area is 90.9 Å². The summed E-state index contributed by atoms with van der Waals surface area (Å²) < 4.78 is 5.06. The van der Waals surface area contributed by atoms with E-state index in [1.165, 1.54) is 0 Å². The van der Waals surface area contributed by atoms with Gasteiger partial charge in [-0.25, -0.2) is 4.79 Å². The maximum Gasteiger partial charge on any atom is 0.340 e. The number of benzene rings is 1. The molecule has 2 aromatic rings. The largest absolute Gasteiger partial charge is 0.454 e. The Hall–Kier alpha value is -2.10. The van der Waals surface area contributed by atoms with Crippen LogP contribution in [-0.2, 0) is 4.74 Å². The molecule has 1 unspecified atom stereocenters. The topological polar surface area (TPSA) is 59.2 Å². The molecule has 80 valence electrons. The summed E-state index contributed by atoms with van der Waals surface area (Å²) in [5.41, 5.74) is 1.26. The minimum atomic E-state index is -0.462. The monoisotopic (exact) mass is 215 g/mol. The van der Waals surface area contributed by atoms with E-state index in [4.69, 9.17) is 4.74 Å². The van der Waals surface area contributed by atoms with Crippen molar-refractivity contribution in [2.75, 3.05) is 0 Å². The van der Waals surface area contributed by atoms with E-state index in [1.54, 1.807) is 13.0 Å². The Morgan fingerprint density at radius 1 is 1.25 bits per heavy atom. The van der Waals surface area contributed by atoms with Gasteiger partial charge in [0, 0.05) is 10.9 Å². The number of para-hydroxylation sites is 1. The number of carbonyl (C=O) groups is 1. The van der Waals surface area contributed by atoms with Crippen LogP contribution in [0, 0.1) is 0 Å². The number of pyridine rings is 1. The molecule has 0 radical (unpaired) electrons. The number of esters is 1. The van der Waals surface area contributed by atoms with Crippen LogP contribution in [0.15, 0.2) is 29.1 Å². The molecule has 0 spiro atoms. The number of aromatic amines is 1. The van der Waals surface area contributed by atoms with Crippen LogP contribution >= 0.6 is 0 Å². The molecule has 1 aliphatic rings. The summed E-state index contributed by atoms with van der Waals surface area (Å²) in [4.78, 5) is 26.2. The molecule has 1 aliphatic heterocycles. The van der Waals surface area contributed by atoms with E-state index in [9.17, 15) is 9.59 Å². The lowest BCUT2D eigenvalue weighted by Crippen LogP contribution is -2.14. The fourth-order valence-corrected chi connectivity index (χ4v) is 2.14. The van der Waals surface area contributed by atoms with Gasteiger partial charge < -0.3 is 9.72 Å². The first kappa shape index (κ1) is 9.15. The van der Waals surface area contributed by atoms with Gasteiger partial charge in [0.25, 0.3) is 5.56 Å². The Kier molecular flexibility index (Phi) is 1.68. The first-order chi connectivity index (χ1) is 7.68. The molecule has 0 fully saturated rings. The van der Waals surface area contributed by atoms with Crippen LogP contribution in [0.25, 0.3) is 10.9 Å². The van der Waals surface area contributed by atoms with Gasteiger partial charge in [-0.15, -0.1) is 0 Å². The predicted molar refractivity (Wildman–Crippen MR) is 58.4 cm³/mol. The second kappa shape index (κ2) is 2.95. The lowest BCUT2D eigenvalue weighted by molar-refractivity contribution is 0.0422. The molecule has 2 heterocycles. The number of carbonyl (C=O) groups excluding carboxylic acids is 1. The zero-order valence-corrected chi connectivity index (χ0v) is 8.61. The number of aromatic nitrogens is 1. The molecule has 1 N–H and O–H groups in total. The van der Waals surface area contributed by atoms with E-state index in [0.717, 1.165) is 5.39 Å². The highest BCUT2D eigenvalue weighted by atomic mass is 16.5. The molecule has 1 aromatic heterocycles.